The van der Waals surface area contributed by atoms with E-state index < -0.39 is 0 Å². The van der Waals surface area contributed by atoms with Gasteiger partial charge in [0.2, 0.25) is 0 Å². The maximum absolute atomic E-state index is 12.9. The summed E-state index contributed by atoms with van der Waals surface area (Å²) in [6.45, 7) is 11.5. The number of carbonyl (C=O) groups excluding carboxylic acids is 1. The van der Waals surface area contributed by atoms with Crippen molar-refractivity contribution in [2.24, 2.45) is 0 Å². The summed E-state index contributed by atoms with van der Waals surface area (Å²) < 4.78 is 5.98. The van der Waals surface area contributed by atoms with E-state index in [1.54, 1.807) is 11.5 Å². The van der Waals surface area contributed by atoms with E-state index in [1.807, 2.05) is 24.3 Å². The molecule has 0 spiro atoms. The smallest absolute Gasteiger partial charge is 0.255 e. The number of hydrogen-bond acceptors (Lipinski definition) is 5. The minimum atomic E-state index is -0.0630. The Hall–Kier alpha value is -3.22. The Bertz CT molecular complexity index is 1330. The SMILES string of the molecule is CC(C)(C)c1ccc(C(=O)Nc2ccccc2CCN2CCN(c3nsc4ccccc34)CC2)cc1. The van der Waals surface area contributed by atoms with Crippen LogP contribution in [0.2, 0.25) is 0 Å². The fourth-order valence-corrected chi connectivity index (χ4v) is 5.53. The average molecular weight is 499 g/mol. The number of para-hydroxylation sites is 1. The zero-order valence-corrected chi connectivity index (χ0v) is 22.1. The molecule has 0 aliphatic carbocycles. The van der Waals surface area contributed by atoms with E-state index >= 15 is 0 Å². The van der Waals surface area contributed by atoms with Gasteiger partial charge in [-0.1, -0.05) is 63.2 Å². The Morgan fingerprint density at radius 2 is 1.61 bits per heavy atom. The molecule has 1 amide bonds. The van der Waals surface area contributed by atoms with Gasteiger partial charge in [0.05, 0.1) is 4.70 Å². The zero-order valence-electron chi connectivity index (χ0n) is 21.3. The molecule has 3 aromatic carbocycles. The summed E-state index contributed by atoms with van der Waals surface area (Å²) in [6, 6.07) is 24.6. The van der Waals surface area contributed by atoms with Crippen LogP contribution in [-0.4, -0.2) is 47.9 Å². The van der Waals surface area contributed by atoms with Gasteiger partial charge in [-0.3, -0.25) is 9.69 Å². The zero-order chi connectivity index (χ0) is 25.1. The molecule has 4 aromatic rings. The lowest BCUT2D eigenvalue weighted by atomic mass is 9.86. The van der Waals surface area contributed by atoms with Crippen LogP contribution >= 0.6 is 11.5 Å². The molecule has 1 aliphatic rings. The lowest BCUT2D eigenvalue weighted by Crippen LogP contribution is -2.47. The monoisotopic (exact) mass is 498 g/mol. The second kappa shape index (κ2) is 10.4. The third-order valence-corrected chi connectivity index (χ3v) is 7.82. The summed E-state index contributed by atoms with van der Waals surface area (Å²) in [7, 11) is 0. The molecule has 1 aliphatic heterocycles. The summed E-state index contributed by atoms with van der Waals surface area (Å²) in [4.78, 5) is 17.9. The van der Waals surface area contributed by atoms with Crippen LogP contribution in [0.3, 0.4) is 0 Å². The Balaban J connectivity index is 1.17. The highest BCUT2D eigenvalue weighted by molar-refractivity contribution is 7.13. The summed E-state index contributed by atoms with van der Waals surface area (Å²) >= 11 is 1.58. The van der Waals surface area contributed by atoms with Crippen LogP contribution in [0, 0.1) is 0 Å². The molecule has 0 saturated carbocycles. The second-order valence-corrected chi connectivity index (χ2v) is 11.3. The van der Waals surface area contributed by atoms with Crippen molar-refractivity contribution in [3.63, 3.8) is 0 Å². The molecule has 36 heavy (non-hydrogen) atoms. The van der Waals surface area contributed by atoms with Gasteiger partial charge in [0.15, 0.2) is 0 Å². The molecule has 2 heterocycles. The molecule has 1 saturated heterocycles. The third kappa shape index (κ3) is 5.45. The van der Waals surface area contributed by atoms with Gasteiger partial charge in [-0.15, -0.1) is 0 Å². The number of piperazine rings is 1. The standard InChI is InChI=1S/C30H34N4OS/c1-30(2,3)24-14-12-23(13-15-24)29(35)31-26-10-6-4-8-22(26)16-17-33-18-20-34(21-19-33)28-25-9-5-7-11-27(25)36-32-28/h4-15H,16-21H2,1-3H3,(H,31,35). The summed E-state index contributed by atoms with van der Waals surface area (Å²) in [5, 5.41) is 4.40. The minimum absolute atomic E-state index is 0.0630. The molecule has 5 nitrogen and oxygen atoms in total. The molecule has 186 valence electrons. The largest absolute Gasteiger partial charge is 0.353 e. The Labute approximate surface area is 217 Å². The molecule has 1 fully saturated rings. The van der Waals surface area contributed by atoms with Crippen LogP contribution in [0.25, 0.3) is 10.1 Å². The van der Waals surface area contributed by atoms with Gasteiger partial charge in [-0.25, -0.2) is 0 Å². The molecule has 0 radical (unpaired) electrons. The van der Waals surface area contributed by atoms with Gasteiger partial charge < -0.3 is 10.2 Å². The number of aromatic nitrogens is 1. The van der Waals surface area contributed by atoms with Gasteiger partial charge in [-0.05, 0) is 64.8 Å². The van der Waals surface area contributed by atoms with Gasteiger partial charge >= 0.3 is 0 Å². The highest BCUT2D eigenvalue weighted by atomic mass is 32.1. The maximum atomic E-state index is 12.9. The van der Waals surface area contributed by atoms with Gasteiger partial charge in [-0.2, -0.15) is 4.37 Å². The lowest BCUT2D eigenvalue weighted by Gasteiger charge is -2.35. The van der Waals surface area contributed by atoms with Crippen LogP contribution in [0.5, 0.6) is 0 Å². The predicted octanol–water partition coefficient (Wildman–Crippen LogP) is 6.21. The number of fused-ring (bicyclic) bond motifs is 1. The van der Waals surface area contributed by atoms with Crippen LogP contribution in [0.1, 0.15) is 42.3 Å². The number of carbonyl (C=O) groups is 1. The van der Waals surface area contributed by atoms with Crippen LogP contribution in [0.4, 0.5) is 11.5 Å². The number of nitrogens with zero attached hydrogens (tertiary/aromatic N) is 3. The Morgan fingerprint density at radius 3 is 2.36 bits per heavy atom. The second-order valence-electron chi connectivity index (χ2n) is 10.5. The molecule has 0 unspecified atom stereocenters. The Kier molecular flexibility index (Phi) is 7.08. The normalized spacial score (nSPS) is 14.8. The van der Waals surface area contributed by atoms with Crippen molar-refractivity contribution in [3.05, 3.63) is 89.5 Å². The van der Waals surface area contributed by atoms with E-state index in [-0.39, 0.29) is 11.3 Å². The third-order valence-electron chi connectivity index (χ3n) is 7.01. The Morgan fingerprint density at radius 1 is 0.917 bits per heavy atom. The number of amides is 1. The maximum Gasteiger partial charge on any atom is 0.255 e. The van der Waals surface area contributed by atoms with E-state index in [1.165, 1.54) is 21.2 Å². The van der Waals surface area contributed by atoms with E-state index in [9.17, 15) is 4.79 Å². The summed E-state index contributed by atoms with van der Waals surface area (Å²) in [5.41, 5.74) is 4.05. The highest BCUT2D eigenvalue weighted by Gasteiger charge is 2.21. The molecular formula is C30H34N4OS. The first-order valence-electron chi connectivity index (χ1n) is 12.7. The van der Waals surface area contributed by atoms with Crippen molar-refractivity contribution in [3.8, 4) is 0 Å². The highest BCUT2D eigenvalue weighted by Crippen LogP contribution is 2.30. The van der Waals surface area contributed by atoms with Crippen molar-refractivity contribution in [1.82, 2.24) is 9.27 Å². The fourth-order valence-electron chi connectivity index (χ4n) is 4.74. The molecule has 6 heteroatoms. The van der Waals surface area contributed by atoms with Crippen molar-refractivity contribution < 1.29 is 4.79 Å². The molecule has 1 N–H and O–H groups in total. The number of anilines is 2. The summed E-state index contributed by atoms with van der Waals surface area (Å²) in [6.07, 6.45) is 0.902. The van der Waals surface area contributed by atoms with E-state index in [0.717, 1.165) is 50.6 Å². The van der Waals surface area contributed by atoms with Crippen LogP contribution in [0.15, 0.2) is 72.8 Å². The van der Waals surface area contributed by atoms with Crippen LogP contribution < -0.4 is 10.2 Å². The van der Waals surface area contributed by atoms with Gasteiger partial charge in [0, 0.05) is 49.4 Å². The van der Waals surface area contributed by atoms with E-state index in [4.69, 9.17) is 4.37 Å². The minimum Gasteiger partial charge on any atom is -0.353 e. The number of hydrogen-bond donors (Lipinski definition) is 1. The number of rotatable bonds is 6. The molecule has 0 bridgehead atoms. The van der Waals surface area contributed by atoms with Crippen molar-refractivity contribution in [1.29, 1.82) is 0 Å². The average Bonchev–Trinajstić information content (AvgIpc) is 3.32. The molecular weight excluding hydrogens is 464 g/mol. The van der Waals surface area contributed by atoms with Gasteiger partial charge in [0.25, 0.3) is 5.91 Å². The van der Waals surface area contributed by atoms with Crippen LogP contribution in [-0.2, 0) is 11.8 Å². The number of benzene rings is 3. The van der Waals surface area contributed by atoms with Gasteiger partial charge in [0.1, 0.15) is 5.82 Å². The topological polar surface area (TPSA) is 48.5 Å². The first-order valence-corrected chi connectivity index (χ1v) is 13.5. The van der Waals surface area contributed by atoms with Crippen molar-refractivity contribution in [2.75, 3.05) is 42.9 Å². The quantitative estimate of drug-likeness (QED) is 0.343. The molecule has 1 aromatic heterocycles. The first-order chi connectivity index (χ1) is 17.4. The lowest BCUT2D eigenvalue weighted by molar-refractivity contribution is 0.102. The first kappa shape index (κ1) is 24.5. The predicted molar refractivity (Wildman–Crippen MR) is 152 cm³/mol. The van der Waals surface area contributed by atoms with Crippen molar-refractivity contribution in [2.45, 2.75) is 32.6 Å². The molecule has 5 rings (SSSR count). The number of nitrogens with one attached hydrogen (secondary N) is 1. The van der Waals surface area contributed by atoms with E-state index in [2.05, 4.69) is 84.4 Å². The van der Waals surface area contributed by atoms with E-state index in [0.29, 0.717) is 5.56 Å². The summed E-state index contributed by atoms with van der Waals surface area (Å²) in [5.74, 6) is 1.06. The fraction of sp³-hybridized carbons (Fsp3) is 0.333. The van der Waals surface area contributed by atoms with Crippen molar-refractivity contribution >= 4 is 39.0 Å². The molecule has 0 atom stereocenters.